The van der Waals surface area contributed by atoms with E-state index in [1.54, 1.807) is 17.0 Å². The molecule has 2 aromatic heterocycles. The van der Waals surface area contributed by atoms with Crippen molar-refractivity contribution in [3.8, 4) is 11.5 Å². The summed E-state index contributed by atoms with van der Waals surface area (Å²) in [5.41, 5.74) is 3.74. The van der Waals surface area contributed by atoms with Crippen LogP contribution in [0.4, 0.5) is 5.69 Å². The zero-order valence-electron chi connectivity index (χ0n) is 23.9. The highest BCUT2D eigenvalue weighted by molar-refractivity contribution is 8.18. The van der Waals surface area contributed by atoms with Crippen LogP contribution in [0.1, 0.15) is 34.4 Å². The lowest BCUT2D eigenvalue weighted by Gasteiger charge is -2.15. The predicted molar refractivity (Wildman–Crippen MR) is 170 cm³/mol. The maximum atomic E-state index is 13.8. The average Bonchev–Trinajstić information content (AvgIpc) is 3.75. The molecule has 1 fully saturated rings. The Hall–Kier alpha value is -5.22. The van der Waals surface area contributed by atoms with Crippen LogP contribution in [0.5, 0.6) is 11.5 Å². The highest BCUT2D eigenvalue weighted by Gasteiger charge is 2.33. The van der Waals surface area contributed by atoms with Gasteiger partial charge in [-0.25, -0.2) is 9.79 Å². The molecule has 0 bridgehead atoms. The second-order valence-corrected chi connectivity index (χ2v) is 10.9. The third-order valence-electron chi connectivity index (χ3n) is 6.96. The van der Waals surface area contributed by atoms with E-state index in [-0.39, 0.29) is 18.3 Å². The number of para-hydroxylation sites is 2. The first kappa shape index (κ1) is 28.9. The lowest BCUT2D eigenvalue weighted by molar-refractivity contribution is -0.122. The fourth-order valence-corrected chi connectivity index (χ4v) is 5.87. The molecule has 44 heavy (non-hydrogen) atoms. The van der Waals surface area contributed by atoms with Crippen molar-refractivity contribution in [2.24, 2.45) is 4.99 Å². The van der Waals surface area contributed by atoms with Crippen molar-refractivity contribution in [2.75, 3.05) is 13.2 Å². The molecule has 1 aliphatic heterocycles. The summed E-state index contributed by atoms with van der Waals surface area (Å²) in [6, 6.07) is 26.1. The summed E-state index contributed by atoms with van der Waals surface area (Å²) in [5.74, 6) is -0.0654. The molecule has 1 aliphatic rings. The Morgan fingerprint density at radius 3 is 2.64 bits per heavy atom. The van der Waals surface area contributed by atoms with E-state index < -0.39 is 5.97 Å². The number of fused-ring (bicyclic) bond motifs is 1. The molecule has 0 unspecified atom stereocenters. The molecule has 10 heteroatoms. The van der Waals surface area contributed by atoms with Gasteiger partial charge in [-0.1, -0.05) is 42.5 Å². The number of ether oxygens (including phenoxy) is 2. The molecule has 2 N–H and O–H groups in total. The number of hydrogen-bond donors (Lipinski definition) is 2. The number of carboxylic acids is 1. The van der Waals surface area contributed by atoms with Gasteiger partial charge in [0.15, 0.2) is 16.7 Å². The molecule has 222 valence electrons. The van der Waals surface area contributed by atoms with Gasteiger partial charge in [-0.05, 0) is 84.8 Å². The number of nitrogens with zero attached hydrogens (tertiary/aromatic N) is 2. The summed E-state index contributed by atoms with van der Waals surface area (Å²) in [5, 5.41) is 10.8. The summed E-state index contributed by atoms with van der Waals surface area (Å²) in [4.78, 5) is 35.3. The number of H-pyrrole nitrogens is 1. The van der Waals surface area contributed by atoms with Gasteiger partial charge in [-0.3, -0.25) is 9.69 Å². The van der Waals surface area contributed by atoms with Gasteiger partial charge in [0.1, 0.15) is 12.4 Å². The second-order valence-electron chi connectivity index (χ2n) is 9.91. The standard InChI is InChI=1S/C34H29N3O6S/c1-2-41-30-18-22(12-14-28(30)42-21-25-13-15-29(43-25)33(39)40)19-31-32(38)37(34(44-31)36-24-8-4-3-5-9-24)17-16-23-20-35-27-11-7-6-10-26(23)27/h3-15,18-20,35H,2,16-17,21H2,1H3,(H,39,40). The lowest BCUT2D eigenvalue weighted by atomic mass is 10.1. The summed E-state index contributed by atoms with van der Waals surface area (Å²) in [7, 11) is 0. The van der Waals surface area contributed by atoms with Gasteiger partial charge in [0.2, 0.25) is 5.76 Å². The van der Waals surface area contributed by atoms with E-state index in [0.717, 1.165) is 27.7 Å². The number of furan rings is 1. The zero-order chi connectivity index (χ0) is 30.5. The minimum atomic E-state index is -1.14. The molecular formula is C34H29N3O6S. The largest absolute Gasteiger partial charge is 0.490 e. The van der Waals surface area contributed by atoms with Crippen molar-refractivity contribution < 1.29 is 28.6 Å². The topological polar surface area (TPSA) is 117 Å². The number of carbonyl (C=O) groups excluding carboxylic acids is 1. The van der Waals surface area contributed by atoms with E-state index in [2.05, 4.69) is 11.1 Å². The lowest BCUT2D eigenvalue weighted by Crippen LogP contribution is -2.31. The first-order valence-corrected chi connectivity index (χ1v) is 14.9. The van der Waals surface area contributed by atoms with Crippen LogP contribution in [-0.2, 0) is 17.8 Å². The Labute approximate surface area is 257 Å². The number of carbonyl (C=O) groups is 2. The van der Waals surface area contributed by atoms with Gasteiger partial charge in [-0.15, -0.1) is 0 Å². The number of nitrogens with one attached hydrogen (secondary N) is 1. The van der Waals surface area contributed by atoms with Crippen molar-refractivity contribution in [1.82, 2.24) is 9.88 Å². The summed E-state index contributed by atoms with van der Waals surface area (Å²) in [6.45, 7) is 2.79. The Balaban J connectivity index is 1.24. The van der Waals surface area contributed by atoms with Gasteiger partial charge < -0.3 is 24.0 Å². The van der Waals surface area contributed by atoms with E-state index in [9.17, 15) is 9.59 Å². The Bertz CT molecular complexity index is 1870. The zero-order valence-corrected chi connectivity index (χ0v) is 24.7. The van der Waals surface area contributed by atoms with E-state index in [0.29, 0.717) is 46.9 Å². The number of thioether (sulfide) groups is 1. The average molecular weight is 608 g/mol. The number of amidine groups is 1. The molecule has 3 aromatic carbocycles. The molecule has 9 nitrogen and oxygen atoms in total. The van der Waals surface area contributed by atoms with Gasteiger partial charge in [-0.2, -0.15) is 0 Å². The SMILES string of the molecule is CCOc1cc(C=C2SC(=Nc3ccccc3)N(CCc3c[nH]c4ccccc34)C2=O)ccc1OCc1ccc(C(=O)O)o1. The molecule has 1 saturated heterocycles. The number of aromatic nitrogens is 1. The highest BCUT2D eigenvalue weighted by atomic mass is 32.2. The fraction of sp³-hybridized carbons (Fsp3) is 0.147. The van der Waals surface area contributed by atoms with Gasteiger partial charge in [0, 0.05) is 23.6 Å². The van der Waals surface area contributed by atoms with Crippen LogP contribution in [0.15, 0.2) is 105 Å². The first-order valence-electron chi connectivity index (χ1n) is 14.1. The molecule has 6 rings (SSSR count). The van der Waals surface area contributed by atoms with E-state index in [1.807, 2.05) is 79.9 Å². The third-order valence-corrected chi connectivity index (χ3v) is 7.96. The molecule has 0 saturated carbocycles. The van der Waals surface area contributed by atoms with Crippen LogP contribution >= 0.6 is 11.8 Å². The normalized spacial score (nSPS) is 15.0. The Kier molecular flexibility index (Phi) is 8.51. The van der Waals surface area contributed by atoms with E-state index >= 15 is 0 Å². The Morgan fingerprint density at radius 2 is 1.84 bits per heavy atom. The number of hydrogen-bond acceptors (Lipinski definition) is 7. The van der Waals surface area contributed by atoms with Crippen LogP contribution in [0, 0.1) is 0 Å². The third kappa shape index (κ3) is 6.40. The number of carboxylic acid groups (broad SMARTS) is 1. The van der Waals surface area contributed by atoms with Crippen LogP contribution in [0.3, 0.4) is 0 Å². The van der Waals surface area contributed by atoms with Crippen LogP contribution in [0.25, 0.3) is 17.0 Å². The summed E-state index contributed by atoms with van der Waals surface area (Å²) < 4.78 is 17.0. The number of rotatable bonds is 11. The maximum Gasteiger partial charge on any atom is 0.371 e. The molecule has 0 atom stereocenters. The minimum absolute atomic E-state index is 0.0346. The first-order chi connectivity index (χ1) is 21.5. The van der Waals surface area contributed by atoms with Crippen LogP contribution in [0.2, 0.25) is 0 Å². The van der Waals surface area contributed by atoms with E-state index in [4.69, 9.17) is 24.0 Å². The monoisotopic (exact) mass is 607 g/mol. The second kappa shape index (κ2) is 13.0. The minimum Gasteiger partial charge on any atom is -0.490 e. The van der Waals surface area contributed by atoms with E-state index in [1.165, 1.54) is 17.8 Å². The number of aromatic amines is 1. The maximum absolute atomic E-state index is 13.8. The van der Waals surface area contributed by atoms with Crippen LogP contribution in [-0.4, -0.2) is 45.2 Å². The molecule has 5 aromatic rings. The molecule has 1 amide bonds. The van der Waals surface area contributed by atoms with Crippen LogP contribution < -0.4 is 9.47 Å². The van der Waals surface area contributed by atoms with Gasteiger partial charge in [0.25, 0.3) is 5.91 Å². The van der Waals surface area contributed by atoms with Crippen molar-refractivity contribution in [1.29, 1.82) is 0 Å². The fourth-order valence-electron chi connectivity index (χ4n) is 4.84. The van der Waals surface area contributed by atoms with Crippen molar-refractivity contribution >= 4 is 51.5 Å². The summed E-state index contributed by atoms with van der Waals surface area (Å²) in [6.07, 6.45) is 4.50. The molecule has 0 spiro atoms. The summed E-state index contributed by atoms with van der Waals surface area (Å²) >= 11 is 1.34. The van der Waals surface area contributed by atoms with Gasteiger partial charge >= 0.3 is 5.97 Å². The number of aliphatic imine (C=N–C) groups is 1. The van der Waals surface area contributed by atoms with Gasteiger partial charge in [0.05, 0.1) is 17.2 Å². The molecule has 0 radical (unpaired) electrons. The smallest absolute Gasteiger partial charge is 0.371 e. The number of amides is 1. The van der Waals surface area contributed by atoms with Crippen molar-refractivity contribution in [3.05, 3.63) is 119 Å². The van der Waals surface area contributed by atoms with Crippen molar-refractivity contribution in [2.45, 2.75) is 20.0 Å². The molecular weight excluding hydrogens is 578 g/mol. The highest BCUT2D eigenvalue weighted by Crippen LogP contribution is 2.36. The van der Waals surface area contributed by atoms with Crippen molar-refractivity contribution in [3.63, 3.8) is 0 Å². The predicted octanol–water partition coefficient (Wildman–Crippen LogP) is 7.28. The molecule has 0 aliphatic carbocycles. The Morgan fingerprint density at radius 1 is 1.02 bits per heavy atom. The number of aromatic carboxylic acids is 1. The molecule has 3 heterocycles. The number of benzene rings is 3. The quantitative estimate of drug-likeness (QED) is 0.152.